The van der Waals surface area contributed by atoms with Gasteiger partial charge in [-0.3, -0.25) is 0 Å². The van der Waals surface area contributed by atoms with E-state index in [1.54, 1.807) is 19.3 Å². The Balaban J connectivity index is 1.54. The fourth-order valence-corrected chi connectivity index (χ4v) is 5.38. The Morgan fingerprint density at radius 1 is 1.09 bits per heavy atom. The summed E-state index contributed by atoms with van der Waals surface area (Å²) in [7, 11) is 1.63. The predicted octanol–water partition coefficient (Wildman–Crippen LogP) is 9.08. The molecule has 8 heteroatoms. The maximum Gasteiger partial charge on any atom is 0.342 e. The van der Waals surface area contributed by atoms with Gasteiger partial charge < -0.3 is 28.4 Å². The molecule has 1 aliphatic rings. The highest BCUT2D eigenvalue weighted by atomic mass is 79.9. The standard InChI is InChI=1S/C35H41BrO7/c1-7-9-10-13-29(27(8-2)39-21-24-15-17-25(38-6)18-16-24)42-34(37)32-23(3)12-11-14-30(32)41-31-20-19-28-26(33(31)36)22-40-35(4,5)43-28/h8,11-12,14-20,27,29H,2,7,9-10,13,21-22H2,1,3-6H3/t27-,29+/m1/s1. The molecule has 1 aliphatic heterocycles. The highest BCUT2D eigenvalue weighted by Crippen LogP contribution is 2.42. The molecule has 0 spiro atoms. The van der Waals surface area contributed by atoms with Crippen molar-refractivity contribution < 1.29 is 33.2 Å². The van der Waals surface area contributed by atoms with Crippen molar-refractivity contribution in [3.8, 4) is 23.0 Å². The molecule has 0 radical (unpaired) electrons. The number of carbonyl (C=O) groups excluding carboxylic acids is 1. The van der Waals surface area contributed by atoms with Crippen LogP contribution in [0.2, 0.25) is 0 Å². The number of ether oxygens (including phenoxy) is 6. The number of hydrogen-bond acceptors (Lipinski definition) is 7. The van der Waals surface area contributed by atoms with Gasteiger partial charge in [0.05, 0.1) is 24.8 Å². The van der Waals surface area contributed by atoms with Crippen molar-refractivity contribution in [1.82, 2.24) is 0 Å². The van der Waals surface area contributed by atoms with Gasteiger partial charge in [-0.2, -0.15) is 0 Å². The van der Waals surface area contributed by atoms with E-state index < -0.39 is 24.0 Å². The van der Waals surface area contributed by atoms with Gasteiger partial charge in [-0.1, -0.05) is 50.1 Å². The van der Waals surface area contributed by atoms with Gasteiger partial charge in [-0.05, 0) is 77.2 Å². The zero-order valence-electron chi connectivity index (χ0n) is 25.6. The van der Waals surface area contributed by atoms with E-state index in [9.17, 15) is 4.79 Å². The van der Waals surface area contributed by atoms with E-state index in [0.717, 1.165) is 47.5 Å². The van der Waals surface area contributed by atoms with Gasteiger partial charge in [0.2, 0.25) is 5.79 Å². The quantitative estimate of drug-likeness (QED) is 0.0977. The molecular formula is C35H41BrO7. The zero-order valence-corrected chi connectivity index (χ0v) is 27.2. The minimum Gasteiger partial charge on any atom is -0.497 e. The first kappa shape index (κ1) is 32.6. The van der Waals surface area contributed by atoms with Crippen LogP contribution in [0.1, 0.15) is 73.5 Å². The van der Waals surface area contributed by atoms with E-state index in [0.29, 0.717) is 41.2 Å². The number of methoxy groups -OCH3 is 1. The molecule has 1 heterocycles. The molecule has 230 valence electrons. The average Bonchev–Trinajstić information content (AvgIpc) is 2.98. The number of rotatable bonds is 14. The molecule has 0 fully saturated rings. The lowest BCUT2D eigenvalue weighted by molar-refractivity contribution is -0.180. The summed E-state index contributed by atoms with van der Waals surface area (Å²) in [5.74, 6) is 1.25. The third kappa shape index (κ3) is 8.40. The van der Waals surface area contributed by atoms with Crippen LogP contribution in [0.5, 0.6) is 23.0 Å². The summed E-state index contributed by atoms with van der Waals surface area (Å²) in [5.41, 5.74) is 2.93. The Kier molecular flexibility index (Phi) is 11.3. The number of benzene rings is 3. The molecule has 2 atom stereocenters. The van der Waals surface area contributed by atoms with Gasteiger partial charge in [-0.15, -0.1) is 6.58 Å². The van der Waals surface area contributed by atoms with Crippen LogP contribution in [0.15, 0.2) is 71.7 Å². The van der Waals surface area contributed by atoms with E-state index in [1.807, 2.05) is 69.3 Å². The normalized spacial score (nSPS) is 15.0. The van der Waals surface area contributed by atoms with Crippen molar-refractivity contribution >= 4 is 21.9 Å². The molecule has 7 nitrogen and oxygen atoms in total. The first-order valence-electron chi connectivity index (χ1n) is 14.7. The van der Waals surface area contributed by atoms with Crippen molar-refractivity contribution in [1.29, 1.82) is 0 Å². The van der Waals surface area contributed by atoms with Crippen LogP contribution in [0, 0.1) is 6.92 Å². The van der Waals surface area contributed by atoms with E-state index in [4.69, 9.17) is 28.4 Å². The Morgan fingerprint density at radius 2 is 1.86 bits per heavy atom. The second kappa shape index (κ2) is 14.9. The fourth-order valence-electron chi connectivity index (χ4n) is 4.86. The largest absolute Gasteiger partial charge is 0.497 e. The van der Waals surface area contributed by atoms with Gasteiger partial charge in [0.1, 0.15) is 40.8 Å². The molecule has 0 saturated carbocycles. The summed E-state index contributed by atoms with van der Waals surface area (Å²) in [6.45, 7) is 12.4. The van der Waals surface area contributed by atoms with Crippen LogP contribution in [0.3, 0.4) is 0 Å². The van der Waals surface area contributed by atoms with Gasteiger partial charge in [-0.25, -0.2) is 4.79 Å². The Hall–Kier alpha value is -3.33. The highest BCUT2D eigenvalue weighted by Gasteiger charge is 2.31. The summed E-state index contributed by atoms with van der Waals surface area (Å²) >= 11 is 3.65. The predicted molar refractivity (Wildman–Crippen MR) is 170 cm³/mol. The van der Waals surface area contributed by atoms with Crippen LogP contribution in [0.4, 0.5) is 0 Å². The van der Waals surface area contributed by atoms with Crippen molar-refractivity contribution in [2.45, 2.75) is 84.6 Å². The first-order chi connectivity index (χ1) is 20.7. The van der Waals surface area contributed by atoms with Crippen LogP contribution in [0.25, 0.3) is 0 Å². The minimum atomic E-state index is -0.711. The number of fused-ring (bicyclic) bond motifs is 1. The lowest BCUT2D eigenvalue weighted by Gasteiger charge is -2.33. The molecule has 4 rings (SSSR count). The van der Waals surface area contributed by atoms with Crippen LogP contribution in [-0.4, -0.2) is 31.1 Å². The van der Waals surface area contributed by atoms with Crippen molar-refractivity contribution in [2.75, 3.05) is 7.11 Å². The van der Waals surface area contributed by atoms with Gasteiger partial charge in [0.15, 0.2) is 0 Å². The van der Waals surface area contributed by atoms with Gasteiger partial charge >= 0.3 is 5.97 Å². The maximum absolute atomic E-state index is 13.8. The number of hydrogen-bond donors (Lipinski definition) is 0. The van der Waals surface area contributed by atoms with E-state index >= 15 is 0 Å². The summed E-state index contributed by atoms with van der Waals surface area (Å²) < 4.78 is 36.5. The number of esters is 1. The molecule has 0 amide bonds. The van der Waals surface area contributed by atoms with Crippen molar-refractivity contribution in [3.05, 3.63) is 94.0 Å². The lowest BCUT2D eigenvalue weighted by atomic mass is 10.0. The summed E-state index contributed by atoms with van der Waals surface area (Å²) in [6.07, 6.45) is 4.30. The van der Waals surface area contributed by atoms with E-state index in [2.05, 4.69) is 29.4 Å². The molecular weight excluding hydrogens is 612 g/mol. The highest BCUT2D eigenvalue weighted by molar-refractivity contribution is 9.10. The summed E-state index contributed by atoms with van der Waals surface area (Å²) in [5, 5.41) is 0. The van der Waals surface area contributed by atoms with Crippen molar-refractivity contribution in [3.63, 3.8) is 0 Å². The fraction of sp³-hybridized carbons (Fsp3) is 0.400. The Morgan fingerprint density at radius 3 is 2.56 bits per heavy atom. The Bertz CT molecular complexity index is 1400. The van der Waals surface area contributed by atoms with E-state index in [-0.39, 0.29) is 0 Å². The third-order valence-corrected chi connectivity index (χ3v) is 8.16. The maximum atomic E-state index is 13.8. The molecule has 0 saturated heterocycles. The lowest BCUT2D eigenvalue weighted by Crippen LogP contribution is -2.35. The monoisotopic (exact) mass is 652 g/mol. The van der Waals surface area contributed by atoms with Crippen LogP contribution in [-0.2, 0) is 27.4 Å². The second-order valence-corrected chi connectivity index (χ2v) is 11.8. The van der Waals surface area contributed by atoms with Crippen LogP contribution >= 0.6 is 15.9 Å². The number of unbranched alkanes of at least 4 members (excludes halogenated alkanes) is 2. The van der Waals surface area contributed by atoms with Crippen LogP contribution < -0.4 is 14.2 Å². The Labute approximate surface area is 263 Å². The molecule has 0 bridgehead atoms. The van der Waals surface area contributed by atoms with Gasteiger partial charge in [0, 0.05) is 19.4 Å². The summed E-state index contributed by atoms with van der Waals surface area (Å²) in [6, 6.07) is 16.8. The molecule has 3 aromatic rings. The average molecular weight is 654 g/mol. The molecule has 3 aromatic carbocycles. The molecule has 0 unspecified atom stereocenters. The minimum absolute atomic E-state index is 0.345. The molecule has 43 heavy (non-hydrogen) atoms. The SMILES string of the molecule is C=C[C@@H](OCc1ccc(OC)cc1)[C@H](CCCCC)OC(=O)c1c(C)cccc1Oc1ccc2c(c1Br)COC(C)(C)O2. The number of halogens is 1. The van der Waals surface area contributed by atoms with Crippen molar-refractivity contribution in [2.24, 2.45) is 0 Å². The van der Waals surface area contributed by atoms with Gasteiger partial charge in [0.25, 0.3) is 0 Å². The molecule has 0 aliphatic carbocycles. The third-order valence-electron chi connectivity index (χ3n) is 7.29. The topological polar surface area (TPSA) is 72.5 Å². The molecule has 0 aromatic heterocycles. The number of aryl methyl sites for hydroxylation is 1. The smallest absolute Gasteiger partial charge is 0.342 e. The first-order valence-corrected chi connectivity index (χ1v) is 15.4. The van der Waals surface area contributed by atoms with E-state index in [1.165, 1.54) is 0 Å². The second-order valence-electron chi connectivity index (χ2n) is 11.0. The summed E-state index contributed by atoms with van der Waals surface area (Å²) in [4.78, 5) is 13.8. The number of carbonyl (C=O) groups is 1. The zero-order chi connectivity index (χ0) is 31.0. The molecule has 0 N–H and O–H groups in total.